The Morgan fingerprint density at radius 1 is 0.947 bits per heavy atom. The van der Waals surface area contributed by atoms with Gasteiger partial charge in [-0.1, -0.05) is 81.3 Å². The van der Waals surface area contributed by atoms with Crippen molar-refractivity contribution in [1.29, 1.82) is 0 Å². The summed E-state index contributed by atoms with van der Waals surface area (Å²) in [4.78, 5) is 12.1. The van der Waals surface area contributed by atoms with Crippen LogP contribution in [0.1, 0.15) is 71.9 Å². The summed E-state index contributed by atoms with van der Waals surface area (Å²) >= 11 is 6.23. The molecule has 0 aliphatic rings. The summed E-state index contributed by atoms with van der Waals surface area (Å²) in [6.07, 6.45) is -1.40. The molecule has 4 aromatic rings. The lowest BCUT2D eigenvalue weighted by molar-refractivity contribution is -0.137. The van der Waals surface area contributed by atoms with Crippen LogP contribution >= 0.6 is 11.6 Å². The topological polar surface area (TPSA) is 42.2 Å². The van der Waals surface area contributed by atoms with Crippen LogP contribution in [0.5, 0.6) is 0 Å². The first-order chi connectivity index (χ1) is 17.9. The van der Waals surface area contributed by atoms with Gasteiger partial charge < -0.3 is 9.67 Å². The summed E-state index contributed by atoms with van der Waals surface area (Å²) in [5, 5.41) is 10.9. The smallest absolute Gasteiger partial charge is 0.416 e. The number of carboxylic acids is 1. The Morgan fingerprint density at radius 3 is 2.29 bits per heavy atom. The van der Waals surface area contributed by atoms with Crippen molar-refractivity contribution in [2.45, 2.75) is 64.6 Å². The van der Waals surface area contributed by atoms with Crippen LogP contribution < -0.4 is 0 Å². The van der Waals surface area contributed by atoms with Crippen LogP contribution in [0.25, 0.3) is 10.9 Å². The van der Waals surface area contributed by atoms with Crippen LogP contribution in [0.4, 0.5) is 13.2 Å². The third kappa shape index (κ3) is 6.07. The lowest BCUT2D eigenvalue weighted by atomic mass is 9.80. The fraction of sp³-hybridized carbons (Fsp3) is 0.323. The number of benzene rings is 3. The molecule has 3 aromatic carbocycles. The van der Waals surface area contributed by atoms with Crippen LogP contribution in [0.3, 0.4) is 0 Å². The molecule has 1 heterocycles. The predicted molar refractivity (Wildman–Crippen MR) is 146 cm³/mol. The van der Waals surface area contributed by atoms with E-state index in [9.17, 15) is 23.1 Å². The summed E-state index contributed by atoms with van der Waals surface area (Å²) in [6, 6.07) is 18.8. The molecule has 0 radical (unpaired) electrons. The predicted octanol–water partition coefficient (Wildman–Crippen LogP) is 8.92. The highest BCUT2D eigenvalue weighted by atomic mass is 35.5. The second-order valence-electron chi connectivity index (χ2n) is 10.4. The van der Waals surface area contributed by atoms with Gasteiger partial charge in [0.1, 0.15) is 0 Å². The summed E-state index contributed by atoms with van der Waals surface area (Å²) < 4.78 is 41.6. The molecule has 0 fully saturated rings. The maximum Gasteiger partial charge on any atom is 0.416 e. The molecule has 0 unspecified atom stereocenters. The molecule has 200 valence electrons. The maximum absolute atomic E-state index is 13.2. The molecule has 0 spiro atoms. The molecule has 4 rings (SSSR count). The van der Waals surface area contributed by atoms with Crippen LogP contribution in [0, 0.1) is 0 Å². The van der Waals surface area contributed by atoms with E-state index >= 15 is 0 Å². The van der Waals surface area contributed by atoms with Gasteiger partial charge in [-0.3, -0.25) is 0 Å². The van der Waals surface area contributed by atoms with E-state index in [-0.39, 0.29) is 11.0 Å². The molecule has 0 atom stereocenters. The summed E-state index contributed by atoms with van der Waals surface area (Å²) in [6.45, 7) is 6.96. The largest absolute Gasteiger partial charge is 0.478 e. The van der Waals surface area contributed by atoms with E-state index in [0.717, 1.165) is 36.2 Å². The fourth-order valence-corrected chi connectivity index (χ4v) is 5.42. The number of nitrogens with zero attached hydrogens (tertiary/aromatic N) is 1. The summed E-state index contributed by atoms with van der Waals surface area (Å²) in [5.74, 6) is -1.11. The molecule has 0 aliphatic heterocycles. The number of rotatable bonds is 9. The minimum absolute atomic E-state index is 0.0689. The number of aryl methyl sites for hydroxylation is 2. The SMILES string of the molecule is CCCC(C)(C)c1ccc(Cc2cc3cc(Cl)cc(C(=O)O)c3n2CCc2cccc(C(F)(F)F)c2)cc1. The number of hydrogen-bond acceptors (Lipinski definition) is 1. The van der Waals surface area contributed by atoms with Gasteiger partial charge in [0, 0.05) is 29.1 Å². The van der Waals surface area contributed by atoms with Crippen LogP contribution in [0.2, 0.25) is 5.02 Å². The molecular weight excluding hydrogens is 511 g/mol. The highest BCUT2D eigenvalue weighted by Crippen LogP contribution is 2.32. The minimum atomic E-state index is -4.42. The minimum Gasteiger partial charge on any atom is -0.478 e. The number of aromatic carboxylic acids is 1. The molecule has 0 saturated heterocycles. The van der Waals surface area contributed by atoms with Crippen molar-refractivity contribution >= 4 is 28.5 Å². The second-order valence-corrected chi connectivity index (χ2v) is 10.9. The number of carbonyl (C=O) groups is 1. The number of carboxylic acid groups (broad SMARTS) is 1. The quantitative estimate of drug-likeness (QED) is 0.230. The van der Waals surface area contributed by atoms with E-state index in [2.05, 4.69) is 45.0 Å². The second kappa shape index (κ2) is 10.9. The van der Waals surface area contributed by atoms with Crippen molar-refractivity contribution in [2.24, 2.45) is 0 Å². The first-order valence-corrected chi connectivity index (χ1v) is 13.1. The molecule has 7 heteroatoms. The highest BCUT2D eigenvalue weighted by Gasteiger charge is 2.30. The van der Waals surface area contributed by atoms with Gasteiger partial charge in [-0.25, -0.2) is 4.79 Å². The summed E-state index contributed by atoms with van der Waals surface area (Å²) in [5.41, 5.74) is 3.68. The van der Waals surface area contributed by atoms with Crippen LogP contribution in [0.15, 0.2) is 66.7 Å². The molecule has 1 N–H and O–H groups in total. The van der Waals surface area contributed by atoms with Gasteiger partial charge in [-0.05, 0) is 59.2 Å². The van der Waals surface area contributed by atoms with Crippen molar-refractivity contribution in [3.8, 4) is 0 Å². The van der Waals surface area contributed by atoms with E-state index in [0.29, 0.717) is 40.9 Å². The van der Waals surface area contributed by atoms with E-state index in [1.807, 2.05) is 10.6 Å². The fourth-order valence-electron chi connectivity index (χ4n) is 5.19. The zero-order valence-corrected chi connectivity index (χ0v) is 22.5. The first kappa shape index (κ1) is 27.8. The van der Waals surface area contributed by atoms with Crippen molar-refractivity contribution in [3.05, 3.63) is 105 Å². The molecule has 1 aromatic heterocycles. The zero-order chi connectivity index (χ0) is 27.7. The van der Waals surface area contributed by atoms with E-state index in [1.54, 1.807) is 12.1 Å². The molecule has 0 aliphatic carbocycles. The van der Waals surface area contributed by atoms with Crippen LogP contribution in [-0.2, 0) is 31.0 Å². The van der Waals surface area contributed by atoms with Gasteiger partial charge in [0.05, 0.1) is 16.6 Å². The van der Waals surface area contributed by atoms with Crippen molar-refractivity contribution in [3.63, 3.8) is 0 Å². The number of hydrogen-bond donors (Lipinski definition) is 1. The van der Waals surface area contributed by atoms with Gasteiger partial charge >= 0.3 is 12.1 Å². The van der Waals surface area contributed by atoms with Crippen molar-refractivity contribution in [2.75, 3.05) is 0 Å². The molecule has 38 heavy (non-hydrogen) atoms. The molecular formula is C31H31ClF3NO2. The van der Waals surface area contributed by atoms with E-state index in [1.165, 1.54) is 17.7 Å². The lowest BCUT2D eigenvalue weighted by Gasteiger charge is -2.25. The van der Waals surface area contributed by atoms with E-state index < -0.39 is 17.7 Å². The Labute approximate surface area is 225 Å². The Hall–Kier alpha value is -3.25. The van der Waals surface area contributed by atoms with Gasteiger partial charge in [-0.15, -0.1) is 0 Å². The van der Waals surface area contributed by atoms with E-state index in [4.69, 9.17) is 11.6 Å². The van der Waals surface area contributed by atoms with Gasteiger partial charge in [-0.2, -0.15) is 13.2 Å². The third-order valence-electron chi connectivity index (χ3n) is 7.15. The van der Waals surface area contributed by atoms with Gasteiger partial charge in [0.15, 0.2) is 0 Å². The Bertz CT molecular complexity index is 1450. The standard InChI is InChI=1S/C31H31ClF3NO2/c1-4-13-30(2,3)23-10-8-21(9-11-23)16-26-18-22-17-25(32)19-27(29(37)38)28(22)36(26)14-12-20-6-5-7-24(15-20)31(33,34)35/h5-11,15,17-19H,4,12-14,16H2,1-3H3,(H,37,38). The average Bonchev–Trinajstić information content (AvgIpc) is 3.18. The number of alkyl halides is 3. The number of aromatic nitrogens is 1. The Morgan fingerprint density at radius 2 is 1.66 bits per heavy atom. The summed E-state index contributed by atoms with van der Waals surface area (Å²) in [7, 11) is 0. The zero-order valence-electron chi connectivity index (χ0n) is 21.7. The Kier molecular flexibility index (Phi) is 7.93. The molecule has 0 amide bonds. The molecule has 3 nitrogen and oxygen atoms in total. The third-order valence-corrected chi connectivity index (χ3v) is 7.37. The Balaban J connectivity index is 1.72. The highest BCUT2D eigenvalue weighted by molar-refractivity contribution is 6.32. The number of fused-ring (bicyclic) bond motifs is 1. The van der Waals surface area contributed by atoms with Crippen molar-refractivity contribution < 1.29 is 23.1 Å². The van der Waals surface area contributed by atoms with Gasteiger partial charge in [0.2, 0.25) is 0 Å². The molecule has 0 bridgehead atoms. The van der Waals surface area contributed by atoms with Crippen LogP contribution in [-0.4, -0.2) is 15.6 Å². The van der Waals surface area contributed by atoms with Crippen molar-refractivity contribution in [1.82, 2.24) is 4.57 Å². The lowest BCUT2D eigenvalue weighted by Crippen LogP contribution is -2.16. The monoisotopic (exact) mass is 541 g/mol. The van der Waals surface area contributed by atoms with Gasteiger partial charge in [0.25, 0.3) is 0 Å². The molecule has 0 saturated carbocycles. The number of halogens is 4. The average molecular weight is 542 g/mol. The first-order valence-electron chi connectivity index (χ1n) is 12.7. The normalized spacial score (nSPS) is 12.3. The maximum atomic E-state index is 13.2.